The van der Waals surface area contributed by atoms with E-state index in [4.69, 9.17) is 9.47 Å². The van der Waals surface area contributed by atoms with Gasteiger partial charge in [0.15, 0.2) is 11.5 Å². The van der Waals surface area contributed by atoms with E-state index in [1.54, 1.807) is 30.3 Å². The number of carbonyl (C=O) groups is 3. The minimum atomic E-state index is -0.720. The maximum absolute atomic E-state index is 13.4. The molecule has 2 fully saturated rings. The van der Waals surface area contributed by atoms with Gasteiger partial charge in [-0.2, -0.15) is 0 Å². The summed E-state index contributed by atoms with van der Waals surface area (Å²) in [5, 5.41) is 2.28. The number of halogens is 1. The molecule has 1 saturated carbocycles. The Kier molecular flexibility index (Phi) is 6.72. The molecule has 0 aromatic heterocycles. The molecule has 172 valence electrons. The fraction of sp³-hybridized carbons (Fsp3) is 0.320. The first-order valence-corrected chi connectivity index (χ1v) is 10.9. The van der Waals surface area contributed by atoms with Crippen LogP contribution in [0.5, 0.6) is 11.5 Å². The maximum Gasteiger partial charge on any atom is 0.331 e. The van der Waals surface area contributed by atoms with Gasteiger partial charge in [-0.3, -0.25) is 19.8 Å². The summed E-state index contributed by atoms with van der Waals surface area (Å²) < 4.78 is 24.5. The monoisotopic (exact) mass is 452 g/mol. The van der Waals surface area contributed by atoms with Crippen molar-refractivity contribution in [2.24, 2.45) is 0 Å². The fourth-order valence-corrected chi connectivity index (χ4v) is 4.19. The first-order chi connectivity index (χ1) is 16.0. The normalized spacial score (nSPS) is 18.4. The second-order valence-electron chi connectivity index (χ2n) is 8.11. The van der Waals surface area contributed by atoms with E-state index in [2.05, 4.69) is 5.32 Å². The number of amides is 4. The van der Waals surface area contributed by atoms with Gasteiger partial charge in [-0.15, -0.1) is 0 Å². The van der Waals surface area contributed by atoms with Gasteiger partial charge >= 0.3 is 6.03 Å². The predicted octanol–water partition coefficient (Wildman–Crippen LogP) is 4.21. The van der Waals surface area contributed by atoms with E-state index >= 15 is 0 Å². The van der Waals surface area contributed by atoms with E-state index in [1.165, 1.54) is 30.2 Å². The molecule has 0 unspecified atom stereocenters. The molecule has 1 N–H and O–H groups in total. The van der Waals surface area contributed by atoms with Crippen molar-refractivity contribution in [1.29, 1.82) is 0 Å². The van der Waals surface area contributed by atoms with Crippen LogP contribution in [-0.4, -0.2) is 35.9 Å². The number of nitrogens with zero attached hydrogens (tertiary/aromatic N) is 1. The quantitative estimate of drug-likeness (QED) is 0.524. The maximum atomic E-state index is 13.4. The number of carbonyl (C=O) groups excluding carboxylic acids is 3. The van der Waals surface area contributed by atoms with Crippen LogP contribution in [-0.2, 0) is 16.2 Å². The van der Waals surface area contributed by atoms with Crippen molar-refractivity contribution in [2.45, 2.75) is 44.8 Å². The lowest BCUT2D eigenvalue weighted by Crippen LogP contribution is -2.58. The van der Waals surface area contributed by atoms with Crippen molar-refractivity contribution in [1.82, 2.24) is 10.2 Å². The summed E-state index contributed by atoms with van der Waals surface area (Å²) in [6.45, 7) is 0.147. The number of rotatable bonds is 6. The Bertz CT molecular complexity index is 1110. The molecule has 0 bridgehead atoms. The van der Waals surface area contributed by atoms with Gasteiger partial charge in [-0.05, 0) is 54.3 Å². The summed E-state index contributed by atoms with van der Waals surface area (Å²) in [5.74, 6) is -0.823. The molecular weight excluding hydrogens is 427 g/mol. The van der Waals surface area contributed by atoms with E-state index in [9.17, 15) is 18.8 Å². The van der Waals surface area contributed by atoms with Gasteiger partial charge < -0.3 is 9.47 Å². The molecule has 0 atom stereocenters. The van der Waals surface area contributed by atoms with Crippen LogP contribution in [0.25, 0.3) is 6.08 Å². The topological polar surface area (TPSA) is 84.9 Å². The molecule has 7 nitrogen and oxygen atoms in total. The smallest absolute Gasteiger partial charge is 0.331 e. The predicted molar refractivity (Wildman–Crippen MR) is 119 cm³/mol. The van der Waals surface area contributed by atoms with Crippen LogP contribution >= 0.6 is 0 Å². The van der Waals surface area contributed by atoms with Gasteiger partial charge in [-0.25, -0.2) is 9.18 Å². The molecule has 1 aliphatic heterocycles. The molecule has 4 rings (SSSR count). The molecule has 1 aliphatic carbocycles. The number of barbiturate groups is 1. The van der Waals surface area contributed by atoms with E-state index in [-0.39, 0.29) is 24.0 Å². The lowest BCUT2D eigenvalue weighted by molar-refractivity contribution is -0.132. The van der Waals surface area contributed by atoms with Crippen molar-refractivity contribution in [2.75, 3.05) is 7.11 Å². The van der Waals surface area contributed by atoms with Crippen LogP contribution in [0.1, 0.15) is 43.2 Å². The first kappa shape index (κ1) is 22.5. The third-order valence-electron chi connectivity index (χ3n) is 5.85. The average Bonchev–Trinajstić information content (AvgIpc) is 2.81. The van der Waals surface area contributed by atoms with Crippen LogP contribution in [0, 0.1) is 5.82 Å². The summed E-state index contributed by atoms with van der Waals surface area (Å²) in [6, 6.07) is 10.2. The molecule has 1 heterocycles. The Balaban J connectivity index is 1.55. The number of ether oxygens (including phenoxy) is 2. The standard InChI is InChI=1S/C25H25FN2O5/c1-32-22-14-16(10-11-21(22)33-15-17-6-5-7-18(26)12-17)13-20-23(29)27-25(31)28(24(20)30)19-8-3-2-4-9-19/h5-7,10-14,19H,2-4,8-9,15H2,1H3,(H,27,29,31). The number of nitrogens with one attached hydrogen (secondary N) is 1. The van der Waals surface area contributed by atoms with E-state index in [1.807, 2.05) is 0 Å². The summed E-state index contributed by atoms with van der Waals surface area (Å²) in [5.41, 5.74) is 1.11. The second-order valence-corrected chi connectivity index (χ2v) is 8.11. The van der Waals surface area contributed by atoms with Crippen LogP contribution in [0.15, 0.2) is 48.0 Å². The zero-order valence-corrected chi connectivity index (χ0v) is 18.3. The van der Waals surface area contributed by atoms with E-state index in [0.717, 1.165) is 32.1 Å². The van der Waals surface area contributed by atoms with Gasteiger partial charge in [0.05, 0.1) is 7.11 Å². The highest BCUT2D eigenvalue weighted by atomic mass is 19.1. The molecule has 2 aliphatic rings. The molecule has 2 aromatic carbocycles. The number of benzene rings is 2. The third kappa shape index (κ3) is 5.05. The number of urea groups is 1. The van der Waals surface area contributed by atoms with E-state index in [0.29, 0.717) is 22.6 Å². The molecule has 2 aromatic rings. The Morgan fingerprint density at radius 3 is 2.58 bits per heavy atom. The number of methoxy groups -OCH3 is 1. The zero-order valence-electron chi connectivity index (χ0n) is 18.3. The Morgan fingerprint density at radius 1 is 1.06 bits per heavy atom. The number of hydrogen-bond acceptors (Lipinski definition) is 5. The average molecular weight is 452 g/mol. The van der Waals surface area contributed by atoms with Gasteiger partial charge in [0.25, 0.3) is 11.8 Å². The molecule has 0 radical (unpaired) electrons. The third-order valence-corrected chi connectivity index (χ3v) is 5.85. The summed E-state index contributed by atoms with van der Waals surface area (Å²) in [4.78, 5) is 39.0. The lowest BCUT2D eigenvalue weighted by atomic mass is 9.93. The van der Waals surface area contributed by atoms with Crippen molar-refractivity contribution in [3.63, 3.8) is 0 Å². The second kappa shape index (κ2) is 9.85. The highest BCUT2D eigenvalue weighted by Crippen LogP contribution is 2.31. The van der Waals surface area contributed by atoms with Gasteiger partial charge in [0.1, 0.15) is 18.0 Å². The summed E-state index contributed by atoms with van der Waals surface area (Å²) in [7, 11) is 1.48. The first-order valence-electron chi connectivity index (χ1n) is 10.9. The number of hydrogen-bond donors (Lipinski definition) is 1. The Labute approximate surface area is 191 Å². The highest BCUT2D eigenvalue weighted by Gasteiger charge is 2.40. The Morgan fingerprint density at radius 2 is 1.85 bits per heavy atom. The molecule has 1 saturated heterocycles. The Hall–Kier alpha value is -3.68. The van der Waals surface area contributed by atoms with Gasteiger partial charge in [0, 0.05) is 6.04 Å². The van der Waals surface area contributed by atoms with Crippen molar-refractivity contribution < 1.29 is 28.2 Å². The fourth-order valence-electron chi connectivity index (χ4n) is 4.19. The van der Waals surface area contributed by atoms with E-state index < -0.39 is 17.8 Å². The van der Waals surface area contributed by atoms with Crippen LogP contribution < -0.4 is 14.8 Å². The minimum absolute atomic E-state index is 0.101. The minimum Gasteiger partial charge on any atom is -0.493 e. The van der Waals surface area contributed by atoms with Crippen molar-refractivity contribution in [3.05, 3.63) is 65.0 Å². The molecular formula is C25H25FN2O5. The summed E-state index contributed by atoms with van der Waals surface area (Å²) in [6.07, 6.45) is 5.90. The van der Waals surface area contributed by atoms with Crippen LogP contribution in [0.3, 0.4) is 0 Å². The molecule has 33 heavy (non-hydrogen) atoms. The zero-order chi connectivity index (χ0) is 23.4. The molecule has 0 spiro atoms. The molecule has 8 heteroatoms. The van der Waals surface area contributed by atoms with Gasteiger partial charge in [-0.1, -0.05) is 37.5 Å². The van der Waals surface area contributed by atoms with Gasteiger partial charge in [0.2, 0.25) is 0 Å². The van der Waals surface area contributed by atoms with Crippen molar-refractivity contribution in [3.8, 4) is 11.5 Å². The highest BCUT2D eigenvalue weighted by molar-refractivity contribution is 6.31. The van der Waals surface area contributed by atoms with Crippen LogP contribution in [0.4, 0.5) is 9.18 Å². The van der Waals surface area contributed by atoms with Crippen LogP contribution in [0.2, 0.25) is 0 Å². The lowest BCUT2D eigenvalue weighted by Gasteiger charge is -2.35. The largest absolute Gasteiger partial charge is 0.493 e. The van der Waals surface area contributed by atoms with Crippen molar-refractivity contribution >= 4 is 23.9 Å². The number of imide groups is 2. The molecule has 4 amide bonds. The summed E-state index contributed by atoms with van der Waals surface area (Å²) >= 11 is 0. The SMILES string of the molecule is COc1cc(C=C2C(=O)NC(=O)N(C3CCCCC3)C2=O)ccc1OCc1cccc(F)c1.